The van der Waals surface area contributed by atoms with E-state index in [1.165, 1.54) is 25.3 Å². The number of carbonyl (C=O) groups excluding carboxylic acids is 3. The fourth-order valence-electron chi connectivity index (χ4n) is 3.71. The van der Waals surface area contributed by atoms with Gasteiger partial charge in [-0.3, -0.25) is 14.9 Å². The van der Waals surface area contributed by atoms with E-state index in [9.17, 15) is 19.2 Å². The van der Waals surface area contributed by atoms with Crippen LogP contribution in [0.2, 0.25) is 0 Å². The highest BCUT2D eigenvalue weighted by Crippen LogP contribution is 2.31. The average Bonchev–Trinajstić information content (AvgIpc) is 2.87. The predicted molar refractivity (Wildman–Crippen MR) is 139 cm³/mol. The molecule has 0 aromatic heterocycles. The molecule has 188 valence electrons. The van der Waals surface area contributed by atoms with Crippen LogP contribution in [0.4, 0.5) is 10.5 Å². The number of rotatable bonds is 7. The number of benzene rings is 3. The number of nitrogens with one attached hydrogen (secondary N) is 1. The maximum atomic E-state index is 13.2. The Balaban J connectivity index is 1.57. The molecule has 0 spiro atoms. The molecule has 1 aliphatic rings. The second kappa shape index (κ2) is 10.7. The minimum absolute atomic E-state index is 0.168. The second-order valence-corrected chi connectivity index (χ2v) is 9.01. The van der Waals surface area contributed by atoms with Gasteiger partial charge in [-0.25, -0.2) is 14.5 Å². The van der Waals surface area contributed by atoms with E-state index < -0.39 is 23.8 Å². The zero-order valence-corrected chi connectivity index (χ0v) is 21.4. The summed E-state index contributed by atoms with van der Waals surface area (Å²) in [6, 6.07) is 15.4. The second-order valence-electron chi connectivity index (χ2n) is 8.09. The van der Waals surface area contributed by atoms with Crippen molar-refractivity contribution in [3.05, 3.63) is 93.0 Å². The minimum Gasteiger partial charge on any atom is -0.493 e. The highest BCUT2D eigenvalue weighted by atomic mass is 79.9. The van der Waals surface area contributed by atoms with Crippen LogP contribution >= 0.6 is 15.9 Å². The van der Waals surface area contributed by atoms with E-state index in [0.29, 0.717) is 28.3 Å². The number of aromatic carboxylic acids is 1. The molecule has 2 N–H and O–H groups in total. The largest absolute Gasteiger partial charge is 0.493 e. The van der Waals surface area contributed by atoms with Crippen LogP contribution in [-0.4, -0.2) is 36.0 Å². The molecule has 0 radical (unpaired) electrons. The first-order valence-electron chi connectivity index (χ1n) is 11.0. The van der Waals surface area contributed by atoms with Gasteiger partial charge in [-0.2, -0.15) is 0 Å². The van der Waals surface area contributed by atoms with E-state index in [0.717, 1.165) is 14.9 Å². The number of barbiturate groups is 1. The summed E-state index contributed by atoms with van der Waals surface area (Å²) < 4.78 is 12.0. The Morgan fingerprint density at radius 3 is 2.41 bits per heavy atom. The van der Waals surface area contributed by atoms with Gasteiger partial charge in [0.05, 0.1) is 18.4 Å². The van der Waals surface area contributed by atoms with Crippen LogP contribution < -0.4 is 19.7 Å². The summed E-state index contributed by atoms with van der Waals surface area (Å²) in [4.78, 5) is 50.2. The smallest absolute Gasteiger partial charge is 0.335 e. The van der Waals surface area contributed by atoms with E-state index in [-0.39, 0.29) is 17.7 Å². The summed E-state index contributed by atoms with van der Waals surface area (Å²) in [5.74, 6) is -1.79. The van der Waals surface area contributed by atoms with Crippen molar-refractivity contribution >= 4 is 51.5 Å². The summed E-state index contributed by atoms with van der Waals surface area (Å²) in [5, 5.41) is 11.2. The molecule has 3 aromatic rings. The van der Waals surface area contributed by atoms with Crippen LogP contribution in [0.5, 0.6) is 11.5 Å². The van der Waals surface area contributed by atoms with Crippen molar-refractivity contribution in [2.24, 2.45) is 0 Å². The SMILES string of the molecule is COc1cc(/C=C2\C(=O)NC(=O)N(c3ccc(Br)cc3C)C2=O)ccc1OCc1ccc(C(=O)O)cc1. The molecule has 0 unspecified atom stereocenters. The van der Waals surface area contributed by atoms with Crippen molar-refractivity contribution in [1.82, 2.24) is 5.32 Å². The first-order valence-corrected chi connectivity index (χ1v) is 11.8. The highest BCUT2D eigenvalue weighted by molar-refractivity contribution is 9.10. The number of carbonyl (C=O) groups is 4. The molecule has 1 saturated heterocycles. The number of hydrogen-bond donors (Lipinski definition) is 2. The molecule has 0 saturated carbocycles. The number of amides is 4. The molecule has 4 rings (SSSR count). The van der Waals surface area contributed by atoms with Gasteiger partial charge in [0, 0.05) is 4.47 Å². The third-order valence-electron chi connectivity index (χ3n) is 5.60. The zero-order chi connectivity index (χ0) is 26.7. The van der Waals surface area contributed by atoms with Crippen LogP contribution in [0.3, 0.4) is 0 Å². The topological polar surface area (TPSA) is 122 Å². The first-order chi connectivity index (χ1) is 17.7. The van der Waals surface area contributed by atoms with Crippen molar-refractivity contribution in [2.75, 3.05) is 12.0 Å². The van der Waals surface area contributed by atoms with E-state index in [4.69, 9.17) is 14.6 Å². The standard InChI is InChI=1S/C27H21BrN2O7/c1-15-11-19(28)8-9-21(15)30-25(32)20(24(31)29-27(30)35)12-17-5-10-22(23(13-17)36-2)37-14-16-3-6-18(7-4-16)26(33)34/h3-13H,14H2,1-2H3,(H,33,34)(H,29,31,35)/b20-12+. The van der Waals surface area contributed by atoms with Crippen LogP contribution in [0.1, 0.15) is 27.0 Å². The van der Waals surface area contributed by atoms with E-state index in [1.54, 1.807) is 55.5 Å². The number of carboxylic acids is 1. The number of aryl methyl sites for hydroxylation is 1. The summed E-state index contributed by atoms with van der Waals surface area (Å²) in [6.45, 7) is 1.92. The monoisotopic (exact) mass is 564 g/mol. The molecule has 4 amide bonds. The Labute approximate surface area is 220 Å². The summed E-state index contributed by atoms with van der Waals surface area (Å²) in [6.07, 6.45) is 1.38. The molecule has 0 atom stereocenters. The lowest BCUT2D eigenvalue weighted by Gasteiger charge is -2.27. The van der Waals surface area contributed by atoms with Gasteiger partial charge in [0.2, 0.25) is 0 Å². The van der Waals surface area contributed by atoms with Gasteiger partial charge in [0.15, 0.2) is 11.5 Å². The average molecular weight is 565 g/mol. The number of ether oxygens (including phenoxy) is 2. The Bertz CT molecular complexity index is 1450. The van der Waals surface area contributed by atoms with Crippen molar-refractivity contribution in [3.8, 4) is 11.5 Å². The molecule has 37 heavy (non-hydrogen) atoms. The van der Waals surface area contributed by atoms with E-state index in [2.05, 4.69) is 21.2 Å². The van der Waals surface area contributed by atoms with Gasteiger partial charge < -0.3 is 14.6 Å². The normalized spacial score (nSPS) is 14.5. The Hall–Kier alpha value is -4.44. The van der Waals surface area contributed by atoms with Crippen molar-refractivity contribution in [1.29, 1.82) is 0 Å². The zero-order valence-electron chi connectivity index (χ0n) is 19.8. The maximum absolute atomic E-state index is 13.2. The number of imide groups is 2. The lowest BCUT2D eigenvalue weighted by atomic mass is 10.1. The number of halogens is 1. The fourth-order valence-corrected chi connectivity index (χ4v) is 4.19. The molecule has 1 fully saturated rings. The van der Waals surface area contributed by atoms with Gasteiger partial charge in [0.25, 0.3) is 11.8 Å². The van der Waals surface area contributed by atoms with Crippen LogP contribution in [-0.2, 0) is 16.2 Å². The van der Waals surface area contributed by atoms with Crippen molar-refractivity contribution < 1.29 is 33.8 Å². The molecule has 9 nitrogen and oxygen atoms in total. The number of methoxy groups -OCH3 is 1. The molecular formula is C27H21BrN2O7. The molecular weight excluding hydrogens is 544 g/mol. The molecule has 0 aliphatic carbocycles. The number of carboxylic acid groups (broad SMARTS) is 1. The summed E-state index contributed by atoms with van der Waals surface area (Å²) in [5.41, 5.74) is 2.24. The molecule has 10 heteroatoms. The van der Waals surface area contributed by atoms with Gasteiger partial charge in [0.1, 0.15) is 12.2 Å². The quantitative estimate of drug-likeness (QED) is 0.314. The predicted octanol–water partition coefficient (Wildman–Crippen LogP) is 4.71. The minimum atomic E-state index is -1.01. The summed E-state index contributed by atoms with van der Waals surface area (Å²) in [7, 11) is 1.45. The lowest BCUT2D eigenvalue weighted by molar-refractivity contribution is -0.122. The van der Waals surface area contributed by atoms with Crippen LogP contribution in [0, 0.1) is 6.92 Å². The number of nitrogens with zero attached hydrogens (tertiary/aromatic N) is 1. The Kier molecular flexibility index (Phi) is 7.40. The van der Waals surface area contributed by atoms with Gasteiger partial charge in [-0.1, -0.05) is 34.1 Å². The number of anilines is 1. The maximum Gasteiger partial charge on any atom is 0.335 e. The Morgan fingerprint density at radius 2 is 1.76 bits per heavy atom. The van der Waals surface area contributed by atoms with E-state index >= 15 is 0 Å². The fraction of sp³-hybridized carbons (Fsp3) is 0.111. The third kappa shape index (κ3) is 5.54. The molecule has 1 heterocycles. The van der Waals surface area contributed by atoms with Crippen molar-refractivity contribution in [2.45, 2.75) is 13.5 Å². The van der Waals surface area contributed by atoms with Crippen LogP contribution in [0.15, 0.2) is 70.7 Å². The third-order valence-corrected chi connectivity index (χ3v) is 6.09. The number of urea groups is 1. The highest BCUT2D eigenvalue weighted by Gasteiger charge is 2.37. The molecule has 1 aliphatic heterocycles. The molecule has 0 bridgehead atoms. The first kappa shape index (κ1) is 25.6. The summed E-state index contributed by atoms with van der Waals surface area (Å²) >= 11 is 3.35. The number of hydrogen-bond acceptors (Lipinski definition) is 6. The molecule has 3 aromatic carbocycles. The van der Waals surface area contributed by atoms with Crippen LogP contribution in [0.25, 0.3) is 6.08 Å². The Morgan fingerprint density at radius 1 is 1.03 bits per heavy atom. The lowest BCUT2D eigenvalue weighted by Crippen LogP contribution is -2.54. The van der Waals surface area contributed by atoms with Crippen molar-refractivity contribution in [3.63, 3.8) is 0 Å². The van der Waals surface area contributed by atoms with E-state index in [1.807, 2.05) is 0 Å². The van der Waals surface area contributed by atoms with Gasteiger partial charge in [-0.05, 0) is 72.2 Å². The van der Waals surface area contributed by atoms with Gasteiger partial charge in [-0.15, -0.1) is 0 Å². The van der Waals surface area contributed by atoms with Gasteiger partial charge >= 0.3 is 12.0 Å².